The Balaban J connectivity index is 1.51. The van der Waals surface area contributed by atoms with Crippen LogP contribution in [0.2, 0.25) is 0 Å². The molecule has 0 aromatic heterocycles. The van der Waals surface area contributed by atoms with Gasteiger partial charge in [-0.05, 0) is 18.6 Å². The standard InChI is InChI=1S/C20H25N5O6/c26-17-5-4-16(19(28)24-17)25-12-14-13(20(25)29)2-1-3-15(14)23-18(27)6-7-21-8-10-31-11-9-22-30/h1-3,16,21H,4-12H2,(H,23,27)(H,24,26,28). The van der Waals surface area contributed by atoms with E-state index in [9.17, 15) is 24.1 Å². The molecule has 1 unspecified atom stereocenters. The lowest BCUT2D eigenvalue weighted by Gasteiger charge is -2.29. The van der Waals surface area contributed by atoms with Crippen LogP contribution in [0.5, 0.6) is 0 Å². The van der Waals surface area contributed by atoms with Gasteiger partial charge in [-0.1, -0.05) is 11.2 Å². The first-order valence-corrected chi connectivity index (χ1v) is 10.1. The van der Waals surface area contributed by atoms with E-state index in [0.717, 1.165) is 0 Å². The van der Waals surface area contributed by atoms with Crippen LogP contribution in [0, 0.1) is 4.91 Å². The number of carbonyl (C=O) groups is 4. The Hall–Kier alpha value is -3.18. The van der Waals surface area contributed by atoms with Gasteiger partial charge in [-0.15, -0.1) is 0 Å². The van der Waals surface area contributed by atoms with Gasteiger partial charge in [0, 0.05) is 49.3 Å². The van der Waals surface area contributed by atoms with E-state index in [1.165, 1.54) is 4.90 Å². The van der Waals surface area contributed by atoms with Crippen molar-refractivity contribution in [3.05, 3.63) is 34.2 Å². The van der Waals surface area contributed by atoms with Crippen molar-refractivity contribution in [3.8, 4) is 0 Å². The lowest BCUT2D eigenvalue weighted by molar-refractivity contribution is -0.137. The Labute approximate surface area is 178 Å². The number of benzene rings is 1. The minimum atomic E-state index is -0.699. The molecule has 1 fully saturated rings. The zero-order valence-electron chi connectivity index (χ0n) is 17.0. The molecule has 0 saturated carbocycles. The smallest absolute Gasteiger partial charge is 0.255 e. The Bertz CT molecular complexity index is 874. The molecule has 1 aromatic carbocycles. The van der Waals surface area contributed by atoms with Gasteiger partial charge in [0.25, 0.3) is 5.91 Å². The first-order valence-electron chi connectivity index (χ1n) is 10.1. The SMILES string of the molecule is O=NCCOCCNCCC(=O)Nc1cccc2c1CN(C1CCC(=O)NC1=O)C2=O. The van der Waals surface area contributed by atoms with Crippen molar-refractivity contribution in [2.24, 2.45) is 5.18 Å². The minimum absolute atomic E-state index is 0.118. The van der Waals surface area contributed by atoms with Crippen LogP contribution in [-0.4, -0.2) is 67.4 Å². The molecule has 2 aliphatic rings. The van der Waals surface area contributed by atoms with Gasteiger partial charge in [0.15, 0.2) is 0 Å². The number of anilines is 1. The van der Waals surface area contributed by atoms with Gasteiger partial charge < -0.3 is 20.3 Å². The number of carbonyl (C=O) groups excluding carboxylic acids is 4. The summed E-state index contributed by atoms with van der Waals surface area (Å²) >= 11 is 0. The van der Waals surface area contributed by atoms with Crippen LogP contribution in [0.1, 0.15) is 35.2 Å². The van der Waals surface area contributed by atoms with Gasteiger partial charge in [-0.2, -0.15) is 4.91 Å². The van der Waals surface area contributed by atoms with Crippen LogP contribution in [-0.2, 0) is 25.7 Å². The van der Waals surface area contributed by atoms with E-state index >= 15 is 0 Å². The van der Waals surface area contributed by atoms with Crippen molar-refractivity contribution in [2.45, 2.75) is 31.8 Å². The molecule has 11 heteroatoms. The third-order valence-corrected chi connectivity index (χ3v) is 5.14. The number of hydrogen-bond donors (Lipinski definition) is 3. The lowest BCUT2D eigenvalue weighted by Crippen LogP contribution is -2.52. The fourth-order valence-corrected chi connectivity index (χ4v) is 3.59. The summed E-state index contributed by atoms with van der Waals surface area (Å²) in [6.07, 6.45) is 0.698. The summed E-state index contributed by atoms with van der Waals surface area (Å²) in [6.45, 7) is 2.00. The molecule has 3 N–H and O–H groups in total. The van der Waals surface area contributed by atoms with Crippen molar-refractivity contribution in [1.29, 1.82) is 0 Å². The number of nitrogens with one attached hydrogen (secondary N) is 3. The van der Waals surface area contributed by atoms with Crippen LogP contribution in [0.3, 0.4) is 0 Å². The zero-order valence-corrected chi connectivity index (χ0v) is 17.0. The zero-order chi connectivity index (χ0) is 22.2. The third-order valence-electron chi connectivity index (χ3n) is 5.14. The summed E-state index contributed by atoms with van der Waals surface area (Å²) in [7, 11) is 0. The Morgan fingerprint density at radius 3 is 2.84 bits per heavy atom. The monoisotopic (exact) mass is 431 g/mol. The molecule has 2 heterocycles. The van der Waals surface area contributed by atoms with E-state index in [2.05, 4.69) is 21.1 Å². The molecular formula is C20H25N5O6. The molecule has 166 valence electrons. The molecule has 0 aliphatic carbocycles. The number of nitroso groups, excluding NO2 is 1. The molecule has 0 bridgehead atoms. The van der Waals surface area contributed by atoms with Gasteiger partial charge in [0.1, 0.15) is 12.6 Å². The van der Waals surface area contributed by atoms with E-state index in [0.29, 0.717) is 36.5 Å². The molecule has 0 spiro atoms. The number of nitrogens with zero attached hydrogens (tertiary/aromatic N) is 2. The predicted octanol–water partition coefficient (Wildman–Crippen LogP) is 0.149. The maximum atomic E-state index is 12.8. The topological polar surface area (TPSA) is 146 Å². The number of amides is 4. The molecular weight excluding hydrogens is 406 g/mol. The highest BCUT2D eigenvalue weighted by atomic mass is 16.5. The maximum absolute atomic E-state index is 12.8. The van der Waals surface area contributed by atoms with Crippen LogP contribution in [0.4, 0.5) is 5.69 Å². The Morgan fingerprint density at radius 2 is 2.06 bits per heavy atom. The van der Waals surface area contributed by atoms with E-state index in [1.54, 1.807) is 18.2 Å². The van der Waals surface area contributed by atoms with Crippen molar-refractivity contribution >= 4 is 29.3 Å². The summed E-state index contributed by atoms with van der Waals surface area (Å²) in [5.74, 6) is -1.30. The van der Waals surface area contributed by atoms with Crippen molar-refractivity contribution in [3.63, 3.8) is 0 Å². The summed E-state index contributed by atoms with van der Waals surface area (Å²) < 4.78 is 5.17. The second kappa shape index (κ2) is 10.7. The molecule has 1 saturated heterocycles. The predicted molar refractivity (Wildman–Crippen MR) is 110 cm³/mol. The van der Waals surface area contributed by atoms with E-state index in [1.807, 2.05) is 0 Å². The molecule has 11 nitrogen and oxygen atoms in total. The second-order valence-electron chi connectivity index (χ2n) is 7.24. The molecule has 0 radical (unpaired) electrons. The van der Waals surface area contributed by atoms with Crippen LogP contribution >= 0.6 is 0 Å². The van der Waals surface area contributed by atoms with Crippen molar-refractivity contribution in [2.75, 3.05) is 38.2 Å². The Kier molecular flexibility index (Phi) is 7.79. The molecule has 4 amide bonds. The first kappa shape index (κ1) is 22.5. The van der Waals surface area contributed by atoms with Gasteiger partial charge in [-0.25, -0.2) is 0 Å². The number of ether oxygens (including phenoxy) is 1. The number of piperidine rings is 1. The molecule has 3 rings (SSSR count). The average Bonchev–Trinajstić information content (AvgIpc) is 3.07. The average molecular weight is 431 g/mol. The maximum Gasteiger partial charge on any atom is 0.255 e. The largest absolute Gasteiger partial charge is 0.378 e. The molecule has 1 atom stereocenters. The lowest BCUT2D eigenvalue weighted by atomic mass is 10.0. The van der Waals surface area contributed by atoms with Crippen molar-refractivity contribution in [1.82, 2.24) is 15.5 Å². The number of hydrogen-bond acceptors (Lipinski definition) is 8. The van der Waals surface area contributed by atoms with Gasteiger partial charge in [-0.3, -0.25) is 24.5 Å². The minimum Gasteiger partial charge on any atom is -0.378 e. The molecule has 2 aliphatic heterocycles. The van der Waals surface area contributed by atoms with Crippen LogP contribution in [0.15, 0.2) is 23.4 Å². The van der Waals surface area contributed by atoms with E-state index in [4.69, 9.17) is 4.74 Å². The summed E-state index contributed by atoms with van der Waals surface area (Å²) in [6, 6.07) is 4.38. The quantitative estimate of drug-likeness (QED) is 0.257. The highest BCUT2D eigenvalue weighted by Gasteiger charge is 2.39. The van der Waals surface area contributed by atoms with Crippen LogP contribution < -0.4 is 16.0 Å². The van der Waals surface area contributed by atoms with Crippen molar-refractivity contribution < 1.29 is 23.9 Å². The third kappa shape index (κ3) is 5.70. The number of fused-ring (bicyclic) bond motifs is 1. The van der Waals surface area contributed by atoms with Gasteiger partial charge in [0.05, 0.1) is 13.2 Å². The summed E-state index contributed by atoms with van der Waals surface area (Å²) in [5.41, 5.74) is 1.65. The Morgan fingerprint density at radius 1 is 1.23 bits per heavy atom. The molecule has 1 aromatic rings. The summed E-state index contributed by atoms with van der Waals surface area (Å²) in [5, 5.41) is 10.9. The van der Waals surface area contributed by atoms with E-state index in [-0.39, 0.29) is 56.7 Å². The number of imide groups is 1. The highest BCUT2D eigenvalue weighted by Crippen LogP contribution is 2.32. The highest BCUT2D eigenvalue weighted by molar-refractivity contribution is 6.06. The van der Waals surface area contributed by atoms with Gasteiger partial charge in [0.2, 0.25) is 17.7 Å². The fourth-order valence-electron chi connectivity index (χ4n) is 3.59. The normalized spacial score (nSPS) is 18.0. The number of rotatable bonds is 11. The molecule has 31 heavy (non-hydrogen) atoms. The van der Waals surface area contributed by atoms with Gasteiger partial charge >= 0.3 is 0 Å². The fraction of sp³-hybridized carbons (Fsp3) is 0.500. The van der Waals surface area contributed by atoms with E-state index < -0.39 is 11.9 Å². The van der Waals surface area contributed by atoms with Crippen LogP contribution in [0.25, 0.3) is 0 Å². The first-order chi connectivity index (χ1) is 15.0. The summed E-state index contributed by atoms with van der Waals surface area (Å²) in [4.78, 5) is 60.0. The second-order valence-corrected chi connectivity index (χ2v) is 7.24.